The second-order valence-electron chi connectivity index (χ2n) is 7.46. The number of nitrogens with one attached hydrogen (secondary N) is 1. The van der Waals surface area contributed by atoms with E-state index in [1.165, 1.54) is 10.1 Å². The van der Waals surface area contributed by atoms with Crippen molar-refractivity contribution in [1.82, 2.24) is 14.9 Å². The minimum Gasteiger partial charge on any atom is -0.495 e. The van der Waals surface area contributed by atoms with Crippen molar-refractivity contribution >= 4 is 39.4 Å². The lowest BCUT2D eigenvalue weighted by molar-refractivity contribution is -0.192. The Morgan fingerprint density at radius 1 is 1.22 bits per heavy atom. The summed E-state index contributed by atoms with van der Waals surface area (Å²) in [4.78, 5) is 25.4. The van der Waals surface area contributed by atoms with Crippen LogP contribution < -0.4 is 10.1 Å². The Balaban J connectivity index is 0.000000454. The molecule has 0 atom stereocenters. The normalized spacial score (nSPS) is 11.2. The highest BCUT2D eigenvalue weighted by atomic mass is 32.1. The van der Waals surface area contributed by atoms with E-state index in [9.17, 15) is 18.0 Å². The number of imidazole rings is 1. The molecule has 0 aliphatic carbocycles. The summed E-state index contributed by atoms with van der Waals surface area (Å²) in [6, 6.07) is 14.0. The first-order chi connectivity index (χ1) is 17.1. The largest absolute Gasteiger partial charge is 0.495 e. The van der Waals surface area contributed by atoms with Crippen LogP contribution in [0, 0.1) is 6.92 Å². The van der Waals surface area contributed by atoms with Gasteiger partial charge in [-0.15, -0.1) is 11.3 Å². The van der Waals surface area contributed by atoms with Crippen molar-refractivity contribution in [3.8, 4) is 11.4 Å². The molecule has 2 N–H and O–H groups in total. The zero-order chi connectivity index (χ0) is 26.3. The number of amides is 1. The predicted molar refractivity (Wildman–Crippen MR) is 131 cm³/mol. The summed E-state index contributed by atoms with van der Waals surface area (Å²) < 4.78 is 40.4. The number of carboxylic acids is 1. The van der Waals surface area contributed by atoms with Crippen LogP contribution in [0.25, 0.3) is 21.8 Å². The van der Waals surface area contributed by atoms with E-state index in [4.69, 9.17) is 14.6 Å². The van der Waals surface area contributed by atoms with Gasteiger partial charge < -0.3 is 19.7 Å². The van der Waals surface area contributed by atoms with Crippen molar-refractivity contribution in [2.45, 2.75) is 19.6 Å². The van der Waals surface area contributed by atoms with Crippen LogP contribution in [0.5, 0.6) is 5.75 Å². The quantitative estimate of drug-likeness (QED) is 0.336. The predicted octanol–water partition coefficient (Wildman–Crippen LogP) is 5.37. The maximum absolute atomic E-state index is 12.3. The summed E-state index contributed by atoms with van der Waals surface area (Å²) in [5.74, 6) is -2.17. The van der Waals surface area contributed by atoms with Crippen LogP contribution in [-0.2, 0) is 16.1 Å². The summed E-state index contributed by atoms with van der Waals surface area (Å²) in [6.45, 7) is 2.45. The molecule has 4 rings (SSSR count). The highest BCUT2D eigenvalue weighted by Crippen LogP contribution is 2.26. The molecule has 0 bridgehead atoms. The smallest absolute Gasteiger partial charge is 0.490 e. The number of halogens is 3. The van der Waals surface area contributed by atoms with E-state index < -0.39 is 12.1 Å². The van der Waals surface area contributed by atoms with Crippen molar-refractivity contribution in [3.05, 3.63) is 83.3 Å². The zero-order valence-corrected chi connectivity index (χ0v) is 20.1. The van der Waals surface area contributed by atoms with Crippen LogP contribution in [-0.4, -0.2) is 39.8 Å². The van der Waals surface area contributed by atoms with Gasteiger partial charge >= 0.3 is 12.1 Å². The Labute approximate surface area is 208 Å². The number of nitrogens with zero attached hydrogens (tertiary/aromatic N) is 2. The lowest BCUT2D eigenvalue weighted by atomic mass is 10.1. The number of alkyl halides is 3. The highest BCUT2D eigenvalue weighted by Gasteiger charge is 2.38. The zero-order valence-electron chi connectivity index (χ0n) is 19.2. The number of benzene rings is 2. The number of ether oxygens (including phenoxy) is 1. The first-order valence-electron chi connectivity index (χ1n) is 10.5. The Bertz CT molecular complexity index is 1390. The number of carbonyl (C=O) groups is 2. The van der Waals surface area contributed by atoms with E-state index in [2.05, 4.69) is 27.8 Å². The van der Waals surface area contributed by atoms with Crippen molar-refractivity contribution < 1.29 is 32.6 Å². The number of fused-ring (bicyclic) bond motifs is 1. The van der Waals surface area contributed by atoms with Gasteiger partial charge in [-0.25, -0.2) is 9.78 Å². The molecule has 36 heavy (non-hydrogen) atoms. The first kappa shape index (κ1) is 26.5. The summed E-state index contributed by atoms with van der Waals surface area (Å²) in [5.41, 5.74) is 3.86. The van der Waals surface area contributed by atoms with Crippen LogP contribution in [0.4, 0.5) is 13.2 Å². The molecule has 2 aromatic carbocycles. The Hall–Kier alpha value is -4.12. The molecule has 0 spiro atoms. The third kappa shape index (κ3) is 6.95. The molecule has 2 heterocycles. The molecule has 0 fully saturated rings. The topological polar surface area (TPSA) is 93.5 Å². The Morgan fingerprint density at radius 2 is 1.94 bits per heavy atom. The lowest BCUT2D eigenvalue weighted by Crippen LogP contribution is -2.21. The molecule has 11 heteroatoms. The van der Waals surface area contributed by atoms with E-state index in [0.717, 1.165) is 28.3 Å². The van der Waals surface area contributed by atoms with E-state index in [-0.39, 0.29) is 5.91 Å². The molecular formula is C25H22F3N3O4S. The van der Waals surface area contributed by atoms with Gasteiger partial charge in [0.15, 0.2) is 0 Å². The number of carboxylic acid groups (broad SMARTS) is 1. The SMILES string of the molecule is COc1cc(C=CC(=O)NCc2csc3ccccc23)ccc1-n1cnc(C)c1.O=C(O)C(F)(F)F. The Morgan fingerprint density at radius 3 is 2.58 bits per heavy atom. The van der Waals surface area contributed by atoms with Crippen LogP contribution in [0.15, 0.2) is 66.4 Å². The standard InChI is InChI=1S/C23H21N3O2S.C2HF3O2/c1-16-13-26(15-25-16)20-9-7-17(11-21(20)28-2)8-10-23(27)24-12-18-14-29-22-6-4-3-5-19(18)22;3-2(4,5)1(6)7/h3-11,13-15H,12H2,1-2H3,(H,24,27);(H,6,7). The highest BCUT2D eigenvalue weighted by molar-refractivity contribution is 7.17. The van der Waals surface area contributed by atoms with Gasteiger partial charge in [0.05, 0.1) is 24.8 Å². The van der Waals surface area contributed by atoms with Gasteiger partial charge in [0.1, 0.15) is 5.75 Å². The molecule has 0 unspecified atom stereocenters. The van der Waals surface area contributed by atoms with Crippen molar-refractivity contribution in [3.63, 3.8) is 0 Å². The monoisotopic (exact) mass is 517 g/mol. The number of aryl methyl sites for hydroxylation is 1. The molecule has 7 nitrogen and oxygen atoms in total. The molecule has 2 aromatic heterocycles. The molecule has 0 saturated heterocycles. The Kier molecular flexibility index (Phi) is 8.49. The van der Waals surface area contributed by atoms with E-state index in [1.807, 2.05) is 48.0 Å². The minimum atomic E-state index is -5.08. The van der Waals surface area contributed by atoms with Crippen molar-refractivity contribution in [1.29, 1.82) is 0 Å². The van der Waals surface area contributed by atoms with Crippen LogP contribution in [0.2, 0.25) is 0 Å². The molecule has 1 amide bonds. The van der Waals surface area contributed by atoms with Gasteiger partial charge in [0, 0.05) is 23.5 Å². The number of rotatable bonds is 6. The van der Waals surface area contributed by atoms with Crippen LogP contribution in [0.3, 0.4) is 0 Å². The van der Waals surface area contributed by atoms with E-state index in [0.29, 0.717) is 6.54 Å². The number of aromatic nitrogens is 2. The fraction of sp³-hybridized carbons (Fsp3) is 0.160. The van der Waals surface area contributed by atoms with Crippen molar-refractivity contribution in [2.24, 2.45) is 0 Å². The minimum absolute atomic E-state index is 0.131. The molecule has 4 aromatic rings. The number of hydrogen-bond acceptors (Lipinski definition) is 5. The molecule has 188 valence electrons. The van der Waals surface area contributed by atoms with Gasteiger partial charge in [-0.3, -0.25) is 4.79 Å². The van der Waals surface area contributed by atoms with Crippen molar-refractivity contribution in [2.75, 3.05) is 7.11 Å². The van der Waals surface area contributed by atoms with Crippen LogP contribution >= 0.6 is 11.3 Å². The van der Waals surface area contributed by atoms with E-state index >= 15 is 0 Å². The average molecular weight is 518 g/mol. The third-order valence-corrected chi connectivity index (χ3v) is 5.89. The maximum atomic E-state index is 12.3. The average Bonchev–Trinajstić information content (AvgIpc) is 3.47. The number of methoxy groups -OCH3 is 1. The second-order valence-corrected chi connectivity index (χ2v) is 8.38. The molecule has 0 aliphatic rings. The maximum Gasteiger partial charge on any atom is 0.490 e. The first-order valence-corrected chi connectivity index (χ1v) is 11.4. The lowest BCUT2D eigenvalue weighted by Gasteiger charge is -2.10. The number of aliphatic carboxylic acids is 1. The summed E-state index contributed by atoms with van der Waals surface area (Å²) >= 11 is 1.69. The van der Waals surface area contributed by atoms with Gasteiger partial charge in [0.25, 0.3) is 0 Å². The van der Waals surface area contributed by atoms with Gasteiger partial charge in [-0.2, -0.15) is 13.2 Å². The molecule has 0 radical (unpaired) electrons. The number of hydrogen-bond donors (Lipinski definition) is 2. The van der Waals surface area contributed by atoms with E-state index in [1.54, 1.807) is 36.9 Å². The fourth-order valence-corrected chi connectivity index (χ4v) is 4.11. The molecule has 0 saturated carbocycles. The number of thiophene rings is 1. The second kappa shape index (κ2) is 11.5. The summed E-state index contributed by atoms with van der Waals surface area (Å²) in [5, 5.41) is 13.4. The molecule has 0 aliphatic heterocycles. The fourth-order valence-electron chi connectivity index (χ4n) is 3.15. The molecular weight excluding hydrogens is 495 g/mol. The number of carbonyl (C=O) groups excluding carboxylic acids is 1. The summed E-state index contributed by atoms with van der Waals surface area (Å²) in [6.07, 6.45) is 1.94. The summed E-state index contributed by atoms with van der Waals surface area (Å²) in [7, 11) is 1.63. The van der Waals surface area contributed by atoms with Gasteiger partial charge in [-0.1, -0.05) is 24.3 Å². The van der Waals surface area contributed by atoms with Crippen LogP contribution in [0.1, 0.15) is 16.8 Å². The van der Waals surface area contributed by atoms with Gasteiger partial charge in [0.2, 0.25) is 5.91 Å². The van der Waals surface area contributed by atoms with Gasteiger partial charge in [-0.05, 0) is 53.1 Å². The third-order valence-electron chi connectivity index (χ3n) is 4.88.